The molecule has 20 heavy (non-hydrogen) atoms. The van der Waals surface area contributed by atoms with Crippen LogP contribution in [0.4, 0.5) is 10.5 Å². The van der Waals surface area contributed by atoms with Crippen molar-refractivity contribution in [1.29, 1.82) is 0 Å². The van der Waals surface area contributed by atoms with Gasteiger partial charge in [0.05, 0.1) is 0 Å². The maximum absolute atomic E-state index is 11.7. The highest BCUT2D eigenvalue weighted by Gasteiger charge is 2.19. The smallest absolute Gasteiger partial charge is 0.319 e. The fourth-order valence-electron chi connectivity index (χ4n) is 2.24. The highest BCUT2D eigenvalue weighted by atomic mass is 16.2. The first-order valence-corrected chi connectivity index (χ1v) is 7.60. The largest absolute Gasteiger partial charge is 0.335 e. The van der Waals surface area contributed by atoms with E-state index in [1.165, 1.54) is 12.0 Å². The van der Waals surface area contributed by atoms with Gasteiger partial charge in [0, 0.05) is 17.8 Å². The molecule has 0 heterocycles. The van der Waals surface area contributed by atoms with Gasteiger partial charge in [-0.1, -0.05) is 19.1 Å². The Hall–Kier alpha value is -1.55. The number of carbonyl (C=O) groups is 1. The third kappa shape index (κ3) is 4.23. The summed E-state index contributed by atoms with van der Waals surface area (Å²) in [6.07, 6.45) is 4.56. The van der Waals surface area contributed by atoms with Gasteiger partial charge in [-0.05, 0) is 56.8 Å². The minimum atomic E-state index is -0.0976. The number of rotatable bonds is 6. The molecule has 1 aromatic carbocycles. The lowest BCUT2D eigenvalue weighted by molar-refractivity contribution is 0.240. The van der Waals surface area contributed by atoms with Crippen LogP contribution in [-0.4, -0.2) is 18.6 Å². The van der Waals surface area contributed by atoms with Crippen LogP contribution in [0.25, 0.3) is 0 Å². The monoisotopic (exact) mass is 275 g/mol. The van der Waals surface area contributed by atoms with Crippen molar-refractivity contribution >= 4 is 11.7 Å². The van der Waals surface area contributed by atoms with Gasteiger partial charge in [0.15, 0.2) is 0 Å². The Kier molecular flexibility index (Phi) is 5.41. The molecule has 4 nitrogen and oxygen atoms in total. The van der Waals surface area contributed by atoms with Crippen molar-refractivity contribution in [2.75, 3.05) is 11.9 Å². The van der Waals surface area contributed by atoms with Crippen molar-refractivity contribution < 1.29 is 4.79 Å². The van der Waals surface area contributed by atoms with Crippen molar-refractivity contribution in [3.8, 4) is 0 Å². The van der Waals surface area contributed by atoms with Gasteiger partial charge in [-0.25, -0.2) is 4.79 Å². The molecule has 1 fully saturated rings. The van der Waals surface area contributed by atoms with Crippen molar-refractivity contribution in [1.82, 2.24) is 10.6 Å². The van der Waals surface area contributed by atoms with Crippen molar-refractivity contribution in [3.05, 3.63) is 29.8 Å². The summed E-state index contributed by atoms with van der Waals surface area (Å²) in [6, 6.07) is 8.65. The summed E-state index contributed by atoms with van der Waals surface area (Å²) in [4.78, 5) is 11.7. The Balaban J connectivity index is 1.82. The van der Waals surface area contributed by atoms with Crippen molar-refractivity contribution in [2.24, 2.45) is 0 Å². The Morgan fingerprint density at radius 1 is 1.30 bits per heavy atom. The molecular formula is C16H25N3O. The van der Waals surface area contributed by atoms with E-state index in [1.54, 1.807) is 0 Å². The van der Waals surface area contributed by atoms with Crippen LogP contribution >= 0.6 is 0 Å². The SMILES string of the molecule is CCCNC(C)c1ccc(NC(=O)NC2CCC2)cc1. The van der Waals surface area contributed by atoms with Gasteiger partial charge in [-0.2, -0.15) is 0 Å². The van der Waals surface area contributed by atoms with E-state index in [2.05, 4.69) is 41.9 Å². The molecule has 1 aromatic rings. The summed E-state index contributed by atoms with van der Waals surface area (Å²) in [5, 5.41) is 9.30. The molecule has 3 N–H and O–H groups in total. The van der Waals surface area contributed by atoms with E-state index >= 15 is 0 Å². The molecule has 0 saturated heterocycles. The highest BCUT2D eigenvalue weighted by molar-refractivity contribution is 5.89. The minimum Gasteiger partial charge on any atom is -0.335 e. The van der Waals surface area contributed by atoms with Crippen LogP contribution in [0.15, 0.2) is 24.3 Å². The molecule has 4 heteroatoms. The number of hydrogen-bond acceptors (Lipinski definition) is 2. The summed E-state index contributed by atoms with van der Waals surface area (Å²) in [6.45, 7) is 5.33. The summed E-state index contributed by atoms with van der Waals surface area (Å²) in [5.41, 5.74) is 2.08. The number of hydrogen-bond donors (Lipinski definition) is 3. The summed E-state index contributed by atoms with van der Waals surface area (Å²) in [5.74, 6) is 0. The van der Waals surface area contributed by atoms with E-state index < -0.39 is 0 Å². The van der Waals surface area contributed by atoms with Crippen LogP contribution in [-0.2, 0) is 0 Å². The van der Waals surface area contributed by atoms with Crippen molar-refractivity contribution in [3.63, 3.8) is 0 Å². The summed E-state index contributed by atoms with van der Waals surface area (Å²) in [7, 11) is 0. The molecular weight excluding hydrogens is 250 g/mol. The van der Waals surface area contributed by atoms with Crippen LogP contribution in [0.2, 0.25) is 0 Å². The lowest BCUT2D eigenvalue weighted by Gasteiger charge is -2.26. The number of urea groups is 1. The van der Waals surface area contributed by atoms with E-state index in [9.17, 15) is 4.79 Å². The molecule has 0 bridgehead atoms. The topological polar surface area (TPSA) is 53.2 Å². The number of nitrogens with one attached hydrogen (secondary N) is 3. The molecule has 1 atom stereocenters. The van der Waals surface area contributed by atoms with Crippen LogP contribution in [0.1, 0.15) is 51.1 Å². The maximum atomic E-state index is 11.7. The van der Waals surface area contributed by atoms with E-state index in [0.29, 0.717) is 12.1 Å². The molecule has 0 aromatic heterocycles. The van der Waals surface area contributed by atoms with Crippen LogP contribution in [0.5, 0.6) is 0 Å². The van der Waals surface area contributed by atoms with Gasteiger partial charge in [0.2, 0.25) is 0 Å². The lowest BCUT2D eigenvalue weighted by atomic mass is 9.93. The second-order valence-corrected chi connectivity index (χ2v) is 5.52. The Morgan fingerprint density at radius 3 is 2.55 bits per heavy atom. The molecule has 1 aliphatic rings. The van der Waals surface area contributed by atoms with E-state index in [4.69, 9.17) is 0 Å². The number of carbonyl (C=O) groups excluding carboxylic acids is 1. The summed E-state index contributed by atoms with van der Waals surface area (Å²) >= 11 is 0. The molecule has 2 rings (SSSR count). The van der Waals surface area contributed by atoms with Crippen LogP contribution in [0.3, 0.4) is 0 Å². The Labute approximate surface area is 121 Å². The molecule has 1 saturated carbocycles. The minimum absolute atomic E-state index is 0.0976. The highest BCUT2D eigenvalue weighted by Crippen LogP contribution is 2.19. The third-order valence-corrected chi connectivity index (χ3v) is 3.81. The van der Waals surface area contributed by atoms with E-state index in [0.717, 1.165) is 31.5 Å². The van der Waals surface area contributed by atoms with E-state index in [1.807, 2.05) is 12.1 Å². The summed E-state index contributed by atoms with van der Waals surface area (Å²) < 4.78 is 0. The molecule has 0 aliphatic heterocycles. The first-order chi connectivity index (χ1) is 9.69. The molecule has 0 radical (unpaired) electrons. The third-order valence-electron chi connectivity index (χ3n) is 3.81. The lowest BCUT2D eigenvalue weighted by Crippen LogP contribution is -2.41. The second kappa shape index (κ2) is 7.29. The number of anilines is 1. The number of amides is 2. The predicted molar refractivity (Wildman–Crippen MR) is 82.9 cm³/mol. The van der Waals surface area contributed by atoms with Gasteiger partial charge >= 0.3 is 6.03 Å². The normalized spacial score (nSPS) is 16.3. The maximum Gasteiger partial charge on any atom is 0.319 e. The first kappa shape index (κ1) is 14.9. The quantitative estimate of drug-likeness (QED) is 0.745. The molecule has 2 amide bonds. The van der Waals surface area contributed by atoms with Gasteiger partial charge in [-0.15, -0.1) is 0 Å². The zero-order valence-electron chi connectivity index (χ0n) is 12.4. The average Bonchev–Trinajstić information content (AvgIpc) is 2.41. The van der Waals surface area contributed by atoms with Gasteiger partial charge < -0.3 is 16.0 Å². The zero-order chi connectivity index (χ0) is 14.4. The standard InChI is InChI=1S/C16H25N3O/c1-3-11-17-12(2)13-7-9-15(10-8-13)19-16(20)18-14-5-4-6-14/h7-10,12,14,17H,3-6,11H2,1-2H3,(H2,18,19,20). The van der Waals surface area contributed by atoms with Gasteiger partial charge in [-0.3, -0.25) is 0 Å². The second-order valence-electron chi connectivity index (χ2n) is 5.52. The van der Waals surface area contributed by atoms with E-state index in [-0.39, 0.29) is 6.03 Å². The van der Waals surface area contributed by atoms with Gasteiger partial charge in [0.25, 0.3) is 0 Å². The molecule has 1 aliphatic carbocycles. The fourth-order valence-corrected chi connectivity index (χ4v) is 2.24. The van der Waals surface area contributed by atoms with Crippen molar-refractivity contribution in [2.45, 2.75) is 51.6 Å². The zero-order valence-corrected chi connectivity index (χ0v) is 12.4. The average molecular weight is 275 g/mol. The Morgan fingerprint density at radius 2 is 2.00 bits per heavy atom. The fraction of sp³-hybridized carbons (Fsp3) is 0.562. The molecule has 1 unspecified atom stereocenters. The van der Waals surface area contributed by atoms with Crippen LogP contribution in [0, 0.1) is 0 Å². The Bertz CT molecular complexity index is 426. The predicted octanol–water partition coefficient (Wildman–Crippen LogP) is 3.42. The van der Waals surface area contributed by atoms with Gasteiger partial charge in [0.1, 0.15) is 0 Å². The van der Waals surface area contributed by atoms with Crippen LogP contribution < -0.4 is 16.0 Å². The number of benzene rings is 1. The molecule has 110 valence electrons. The first-order valence-electron chi connectivity index (χ1n) is 7.60. The molecule has 0 spiro atoms.